The van der Waals surface area contributed by atoms with Crippen LogP contribution in [0.2, 0.25) is 5.15 Å². The van der Waals surface area contributed by atoms with Gasteiger partial charge in [0.1, 0.15) is 16.5 Å². The van der Waals surface area contributed by atoms with Crippen LogP contribution in [0.4, 0.5) is 20.3 Å². The quantitative estimate of drug-likeness (QED) is 0.305. The van der Waals surface area contributed by atoms with Crippen molar-refractivity contribution in [2.24, 2.45) is 7.05 Å². The predicted molar refractivity (Wildman–Crippen MR) is 128 cm³/mol. The number of nitrogens with one attached hydrogen (secondary N) is 1. The molecular weight excluding hydrogens is 480 g/mol. The summed E-state index contributed by atoms with van der Waals surface area (Å²) in [6.45, 7) is -0.327. The van der Waals surface area contributed by atoms with E-state index in [2.05, 4.69) is 30.5 Å². The summed E-state index contributed by atoms with van der Waals surface area (Å²) >= 11 is 6.11. The first-order valence-electron chi connectivity index (χ1n) is 10.8. The van der Waals surface area contributed by atoms with Gasteiger partial charge in [-0.15, -0.1) is 0 Å². The Morgan fingerprint density at radius 3 is 2.74 bits per heavy atom. The number of ether oxygens (including phenoxy) is 1. The van der Waals surface area contributed by atoms with E-state index in [-0.39, 0.29) is 11.2 Å². The molecule has 0 unspecified atom stereocenters. The summed E-state index contributed by atoms with van der Waals surface area (Å²) in [7, 11) is 1.77. The van der Waals surface area contributed by atoms with Crippen LogP contribution in [0.3, 0.4) is 0 Å². The van der Waals surface area contributed by atoms with Gasteiger partial charge in [0.15, 0.2) is 5.82 Å². The largest absolute Gasteiger partial charge is 0.477 e. The number of nitrogen functional groups attached to an aromatic ring is 1. The Kier molecular flexibility index (Phi) is 7.39. The number of nitrogens with zero attached hydrogens (tertiary/aromatic N) is 7. The Morgan fingerprint density at radius 2 is 2.03 bits per heavy atom. The van der Waals surface area contributed by atoms with Crippen molar-refractivity contribution in [1.29, 1.82) is 0 Å². The summed E-state index contributed by atoms with van der Waals surface area (Å²) < 4.78 is 34.2. The van der Waals surface area contributed by atoms with Crippen LogP contribution in [0, 0.1) is 0 Å². The van der Waals surface area contributed by atoms with Crippen LogP contribution in [0.5, 0.6) is 5.88 Å². The summed E-state index contributed by atoms with van der Waals surface area (Å²) in [6.07, 6.45) is 7.34. The molecule has 0 radical (unpaired) electrons. The SMILES string of the molecule is CC[C@@H](CCOc1c(-c2nccc(N)n2)cnn1C)Nc1cc(Cl)ncc1-c1ccn(C(F)F)n1. The summed E-state index contributed by atoms with van der Waals surface area (Å²) in [5.74, 6) is 1.30. The van der Waals surface area contributed by atoms with Crippen molar-refractivity contribution < 1.29 is 13.5 Å². The van der Waals surface area contributed by atoms with Crippen LogP contribution >= 0.6 is 11.6 Å². The highest BCUT2D eigenvalue weighted by atomic mass is 35.5. The molecule has 0 fully saturated rings. The molecule has 0 bridgehead atoms. The van der Waals surface area contributed by atoms with Crippen LogP contribution in [0.25, 0.3) is 22.6 Å². The molecule has 184 valence electrons. The molecule has 4 aromatic rings. The van der Waals surface area contributed by atoms with Crippen molar-refractivity contribution in [3.63, 3.8) is 0 Å². The second kappa shape index (κ2) is 10.6. The fraction of sp³-hybridized carbons (Fsp3) is 0.318. The molecule has 1 atom stereocenters. The Morgan fingerprint density at radius 1 is 1.20 bits per heavy atom. The average molecular weight is 504 g/mol. The van der Waals surface area contributed by atoms with Gasteiger partial charge >= 0.3 is 6.55 Å². The van der Waals surface area contributed by atoms with Gasteiger partial charge in [-0.2, -0.15) is 19.0 Å². The first kappa shape index (κ1) is 24.3. The normalized spacial score (nSPS) is 12.2. The molecule has 0 aromatic carbocycles. The highest BCUT2D eigenvalue weighted by molar-refractivity contribution is 6.29. The van der Waals surface area contributed by atoms with E-state index in [1.807, 2.05) is 6.92 Å². The lowest BCUT2D eigenvalue weighted by Crippen LogP contribution is -2.22. The number of nitrogens with two attached hydrogens (primary N) is 1. The Labute approximate surface area is 205 Å². The monoisotopic (exact) mass is 503 g/mol. The van der Waals surface area contributed by atoms with Gasteiger partial charge in [-0.05, 0) is 24.6 Å². The standard InChI is InChI=1S/C22H24ClF2N9O/c1-3-13(6-9-35-21-15(12-29-33(21)2)20-27-7-4-19(26)31-20)30-17-10-18(23)28-11-14(17)16-5-8-34(32-16)22(24)25/h4-5,7-8,10-13,22H,3,6,9H2,1-2H3,(H,28,30)(H2,26,27,31)/t13-/m0/s1. The van der Waals surface area contributed by atoms with E-state index in [1.54, 1.807) is 36.3 Å². The minimum absolute atomic E-state index is 0.00954. The second-order valence-electron chi connectivity index (χ2n) is 7.69. The first-order valence-corrected chi connectivity index (χ1v) is 11.2. The van der Waals surface area contributed by atoms with Gasteiger partial charge < -0.3 is 15.8 Å². The minimum Gasteiger partial charge on any atom is -0.477 e. The molecule has 0 spiro atoms. The number of pyridine rings is 1. The van der Waals surface area contributed by atoms with Gasteiger partial charge in [-0.3, -0.25) is 0 Å². The van der Waals surface area contributed by atoms with Crippen LogP contribution in [-0.4, -0.2) is 47.2 Å². The van der Waals surface area contributed by atoms with Crippen LogP contribution in [0.15, 0.2) is 43.0 Å². The van der Waals surface area contributed by atoms with Crippen molar-refractivity contribution in [3.8, 4) is 28.5 Å². The van der Waals surface area contributed by atoms with Crippen LogP contribution in [-0.2, 0) is 7.05 Å². The van der Waals surface area contributed by atoms with Crippen molar-refractivity contribution in [2.45, 2.75) is 32.4 Å². The highest BCUT2D eigenvalue weighted by Crippen LogP contribution is 2.31. The molecule has 4 rings (SSSR count). The average Bonchev–Trinajstić information content (AvgIpc) is 3.46. The van der Waals surface area contributed by atoms with Gasteiger partial charge in [0, 0.05) is 49.4 Å². The van der Waals surface area contributed by atoms with E-state index < -0.39 is 6.55 Å². The molecule has 35 heavy (non-hydrogen) atoms. The van der Waals surface area contributed by atoms with Gasteiger partial charge in [0.2, 0.25) is 5.88 Å². The molecule has 0 aliphatic carbocycles. The molecule has 0 saturated heterocycles. The van der Waals surface area contributed by atoms with E-state index in [9.17, 15) is 8.78 Å². The Balaban J connectivity index is 1.47. The van der Waals surface area contributed by atoms with E-state index in [0.29, 0.717) is 57.7 Å². The smallest absolute Gasteiger partial charge is 0.333 e. The number of anilines is 2. The van der Waals surface area contributed by atoms with Gasteiger partial charge in [0.25, 0.3) is 0 Å². The lowest BCUT2D eigenvalue weighted by Gasteiger charge is -2.20. The summed E-state index contributed by atoms with van der Waals surface area (Å²) in [4.78, 5) is 12.6. The number of alkyl halides is 2. The van der Waals surface area contributed by atoms with Gasteiger partial charge in [-0.1, -0.05) is 18.5 Å². The van der Waals surface area contributed by atoms with Gasteiger partial charge in [0.05, 0.1) is 18.5 Å². The fourth-order valence-corrected chi connectivity index (χ4v) is 3.65. The molecule has 13 heteroatoms. The first-order chi connectivity index (χ1) is 16.9. The molecule has 0 aliphatic rings. The molecule has 3 N–H and O–H groups in total. The molecule has 4 heterocycles. The number of rotatable bonds is 10. The maximum Gasteiger partial charge on any atom is 0.333 e. The van der Waals surface area contributed by atoms with E-state index in [1.165, 1.54) is 18.5 Å². The zero-order chi connectivity index (χ0) is 24.9. The molecule has 0 saturated carbocycles. The molecular formula is C22H24ClF2N9O. The van der Waals surface area contributed by atoms with E-state index in [0.717, 1.165) is 6.42 Å². The third kappa shape index (κ3) is 5.65. The Bertz CT molecular complexity index is 1290. The number of aryl methyl sites for hydroxylation is 1. The van der Waals surface area contributed by atoms with Gasteiger partial charge in [-0.25, -0.2) is 24.3 Å². The molecule has 4 aromatic heterocycles. The number of hydrogen-bond donors (Lipinski definition) is 2. The summed E-state index contributed by atoms with van der Waals surface area (Å²) in [5, 5.41) is 11.9. The summed E-state index contributed by atoms with van der Waals surface area (Å²) in [5.41, 5.74) is 8.00. The third-order valence-electron chi connectivity index (χ3n) is 5.31. The highest BCUT2D eigenvalue weighted by Gasteiger charge is 2.18. The summed E-state index contributed by atoms with van der Waals surface area (Å²) in [6, 6.07) is 4.76. The van der Waals surface area contributed by atoms with Crippen LogP contribution < -0.4 is 15.8 Å². The molecule has 0 amide bonds. The fourth-order valence-electron chi connectivity index (χ4n) is 3.49. The lowest BCUT2D eigenvalue weighted by atomic mass is 10.1. The maximum absolute atomic E-state index is 13.0. The minimum atomic E-state index is -2.73. The van der Waals surface area contributed by atoms with Crippen molar-refractivity contribution >= 4 is 23.1 Å². The zero-order valence-corrected chi connectivity index (χ0v) is 19.8. The van der Waals surface area contributed by atoms with Crippen LogP contribution in [0.1, 0.15) is 26.3 Å². The topological polar surface area (TPSA) is 122 Å². The molecule has 0 aliphatic heterocycles. The van der Waals surface area contributed by atoms with E-state index in [4.69, 9.17) is 22.1 Å². The number of halogens is 3. The predicted octanol–water partition coefficient (Wildman–Crippen LogP) is 4.43. The van der Waals surface area contributed by atoms with Crippen molar-refractivity contribution in [3.05, 3.63) is 48.1 Å². The maximum atomic E-state index is 13.0. The van der Waals surface area contributed by atoms with E-state index >= 15 is 0 Å². The third-order valence-corrected chi connectivity index (χ3v) is 5.52. The number of hydrogen-bond acceptors (Lipinski definition) is 8. The number of aromatic nitrogens is 7. The lowest BCUT2D eigenvalue weighted by molar-refractivity contribution is 0.0568. The zero-order valence-electron chi connectivity index (χ0n) is 19.1. The van der Waals surface area contributed by atoms with Crippen molar-refractivity contribution in [1.82, 2.24) is 34.5 Å². The van der Waals surface area contributed by atoms with Crippen molar-refractivity contribution in [2.75, 3.05) is 17.7 Å². The molecule has 10 nitrogen and oxygen atoms in total. The second-order valence-corrected chi connectivity index (χ2v) is 8.08. The Hall–Kier alpha value is -3.80.